The lowest BCUT2D eigenvalue weighted by Crippen LogP contribution is -2.32. The Morgan fingerprint density at radius 3 is 3.00 bits per heavy atom. The van der Waals surface area contributed by atoms with Crippen LogP contribution in [0.2, 0.25) is 0 Å². The average molecular weight is 204 g/mol. The number of aromatic amines is 1. The second-order valence-corrected chi connectivity index (χ2v) is 3.13. The number of imidazole rings is 1. The third-order valence-corrected chi connectivity index (χ3v) is 2.08. The number of carbonyl (C=O) groups excluding carboxylic acids is 1. The molecule has 78 valence electrons. The number of fused-ring (bicyclic) bond motifs is 1. The molecular weight excluding hydrogens is 192 g/mol. The van der Waals surface area contributed by atoms with Gasteiger partial charge in [-0.1, -0.05) is 12.1 Å². The van der Waals surface area contributed by atoms with E-state index in [1.54, 1.807) is 7.05 Å². The Morgan fingerprint density at radius 1 is 1.47 bits per heavy atom. The Labute approximate surface area is 86.9 Å². The van der Waals surface area contributed by atoms with E-state index < -0.39 is 0 Å². The Bertz CT molecular complexity index is 444. The number of carbonyl (C=O) groups is 1. The second kappa shape index (κ2) is 4.00. The van der Waals surface area contributed by atoms with Gasteiger partial charge in [0, 0.05) is 7.05 Å². The average Bonchev–Trinajstić information content (AvgIpc) is 2.68. The zero-order valence-electron chi connectivity index (χ0n) is 8.37. The van der Waals surface area contributed by atoms with Gasteiger partial charge in [0.25, 0.3) is 0 Å². The molecule has 5 heteroatoms. The van der Waals surface area contributed by atoms with Gasteiger partial charge in [0.05, 0.1) is 17.6 Å². The molecule has 2 amide bonds. The van der Waals surface area contributed by atoms with Gasteiger partial charge >= 0.3 is 6.03 Å². The van der Waals surface area contributed by atoms with Crippen LogP contribution >= 0.6 is 0 Å². The van der Waals surface area contributed by atoms with E-state index in [0.717, 1.165) is 16.9 Å². The van der Waals surface area contributed by atoms with Crippen LogP contribution in [-0.4, -0.2) is 23.0 Å². The third-order valence-electron chi connectivity index (χ3n) is 2.08. The van der Waals surface area contributed by atoms with Crippen molar-refractivity contribution < 1.29 is 4.79 Å². The van der Waals surface area contributed by atoms with E-state index in [9.17, 15) is 4.79 Å². The summed E-state index contributed by atoms with van der Waals surface area (Å²) in [6.45, 7) is 0.397. The summed E-state index contributed by atoms with van der Waals surface area (Å²) in [5.74, 6) is 0.750. The summed E-state index contributed by atoms with van der Waals surface area (Å²) in [6, 6.07) is 7.53. The van der Waals surface area contributed by atoms with Crippen LogP contribution in [0.4, 0.5) is 4.79 Å². The van der Waals surface area contributed by atoms with E-state index in [1.165, 1.54) is 0 Å². The monoisotopic (exact) mass is 204 g/mol. The number of para-hydroxylation sites is 2. The highest BCUT2D eigenvalue weighted by Crippen LogP contribution is 2.09. The van der Waals surface area contributed by atoms with Gasteiger partial charge in [0.15, 0.2) is 0 Å². The summed E-state index contributed by atoms with van der Waals surface area (Å²) >= 11 is 0. The topological polar surface area (TPSA) is 69.8 Å². The Hall–Kier alpha value is -2.04. The highest BCUT2D eigenvalue weighted by atomic mass is 16.2. The fourth-order valence-corrected chi connectivity index (χ4v) is 1.34. The predicted molar refractivity (Wildman–Crippen MR) is 57.4 cm³/mol. The quantitative estimate of drug-likeness (QED) is 0.682. The minimum atomic E-state index is -0.213. The number of benzene rings is 1. The largest absolute Gasteiger partial charge is 0.341 e. The Kier molecular flexibility index (Phi) is 2.53. The molecule has 0 bridgehead atoms. The van der Waals surface area contributed by atoms with E-state index in [4.69, 9.17) is 0 Å². The van der Waals surface area contributed by atoms with Crippen LogP contribution in [0.25, 0.3) is 11.0 Å². The molecule has 0 saturated heterocycles. The molecule has 0 aliphatic rings. The van der Waals surface area contributed by atoms with E-state index >= 15 is 0 Å². The number of nitrogens with zero attached hydrogens (tertiary/aromatic N) is 1. The molecule has 5 nitrogen and oxygen atoms in total. The standard InChI is InChI=1S/C10H12N4O/c1-11-10(15)12-6-9-13-7-4-2-3-5-8(7)14-9/h2-5H,6H2,1H3,(H,13,14)(H2,11,12,15). The molecule has 0 saturated carbocycles. The molecule has 15 heavy (non-hydrogen) atoms. The molecule has 0 unspecified atom stereocenters. The van der Waals surface area contributed by atoms with Gasteiger partial charge in [-0.15, -0.1) is 0 Å². The van der Waals surface area contributed by atoms with Crippen LogP contribution in [0.15, 0.2) is 24.3 Å². The zero-order chi connectivity index (χ0) is 10.7. The first-order valence-electron chi connectivity index (χ1n) is 4.69. The van der Waals surface area contributed by atoms with Crippen molar-refractivity contribution in [3.8, 4) is 0 Å². The van der Waals surface area contributed by atoms with Crippen LogP contribution < -0.4 is 10.6 Å². The minimum absolute atomic E-state index is 0.213. The molecule has 1 aromatic carbocycles. The second-order valence-electron chi connectivity index (χ2n) is 3.13. The van der Waals surface area contributed by atoms with E-state index in [-0.39, 0.29) is 6.03 Å². The van der Waals surface area contributed by atoms with Gasteiger partial charge in [-0.3, -0.25) is 0 Å². The van der Waals surface area contributed by atoms with Gasteiger partial charge in [0.1, 0.15) is 5.82 Å². The fraction of sp³-hybridized carbons (Fsp3) is 0.200. The molecule has 0 aliphatic heterocycles. The van der Waals surface area contributed by atoms with Crippen LogP contribution in [0.5, 0.6) is 0 Å². The van der Waals surface area contributed by atoms with Crippen molar-refractivity contribution in [2.45, 2.75) is 6.54 Å². The third kappa shape index (κ3) is 2.07. The van der Waals surface area contributed by atoms with Crippen molar-refractivity contribution >= 4 is 17.1 Å². The van der Waals surface area contributed by atoms with E-state index in [0.29, 0.717) is 6.54 Å². The first kappa shape index (κ1) is 9.51. The number of aromatic nitrogens is 2. The number of H-pyrrole nitrogens is 1. The highest BCUT2D eigenvalue weighted by Gasteiger charge is 2.02. The number of urea groups is 1. The first-order valence-corrected chi connectivity index (χ1v) is 4.69. The van der Waals surface area contributed by atoms with Crippen molar-refractivity contribution in [3.63, 3.8) is 0 Å². The lowest BCUT2D eigenvalue weighted by atomic mass is 10.3. The maximum atomic E-state index is 10.9. The molecule has 0 fully saturated rings. The summed E-state index contributed by atoms with van der Waals surface area (Å²) in [4.78, 5) is 18.4. The first-order chi connectivity index (χ1) is 7.29. The summed E-state index contributed by atoms with van der Waals surface area (Å²) in [5.41, 5.74) is 1.89. The number of amides is 2. The van der Waals surface area contributed by atoms with E-state index in [2.05, 4.69) is 20.6 Å². The molecular formula is C10H12N4O. The SMILES string of the molecule is CNC(=O)NCc1nc2ccccc2[nH]1. The Balaban J connectivity index is 2.12. The molecule has 2 rings (SSSR count). The molecule has 0 atom stereocenters. The molecule has 0 spiro atoms. The smallest absolute Gasteiger partial charge is 0.314 e. The van der Waals surface area contributed by atoms with Crippen molar-refractivity contribution in [1.29, 1.82) is 0 Å². The molecule has 1 aromatic heterocycles. The molecule has 1 heterocycles. The van der Waals surface area contributed by atoms with E-state index in [1.807, 2.05) is 24.3 Å². The summed E-state index contributed by atoms with van der Waals surface area (Å²) < 4.78 is 0. The summed E-state index contributed by atoms with van der Waals surface area (Å²) in [7, 11) is 1.58. The van der Waals surface area contributed by atoms with Gasteiger partial charge in [-0.2, -0.15) is 0 Å². The maximum absolute atomic E-state index is 10.9. The van der Waals surface area contributed by atoms with Crippen LogP contribution in [0.3, 0.4) is 0 Å². The minimum Gasteiger partial charge on any atom is -0.341 e. The highest BCUT2D eigenvalue weighted by molar-refractivity contribution is 5.75. The van der Waals surface area contributed by atoms with Gasteiger partial charge in [-0.25, -0.2) is 9.78 Å². The fourth-order valence-electron chi connectivity index (χ4n) is 1.34. The van der Waals surface area contributed by atoms with Crippen molar-refractivity contribution in [1.82, 2.24) is 20.6 Å². The predicted octanol–water partition coefficient (Wildman–Crippen LogP) is 0.992. The van der Waals surface area contributed by atoms with Crippen LogP contribution in [-0.2, 0) is 6.54 Å². The van der Waals surface area contributed by atoms with Crippen LogP contribution in [0.1, 0.15) is 5.82 Å². The number of rotatable bonds is 2. The van der Waals surface area contributed by atoms with Crippen molar-refractivity contribution in [2.75, 3.05) is 7.05 Å². The molecule has 0 aliphatic carbocycles. The number of nitrogens with one attached hydrogen (secondary N) is 3. The van der Waals surface area contributed by atoms with Crippen molar-refractivity contribution in [3.05, 3.63) is 30.1 Å². The zero-order valence-corrected chi connectivity index (χ0v) is 8.37. The van der Waals surface area contributed by atoms with Gasteiger partial charge < -0.3 is 15.6 Å². The van der Waals surface area contributed by atoms with Gasteiger partial charge in [0.2, 0.25) is 0 Å². The van der Waals surface area contributed by atoms with Gasteiger partial charge in [-0.05, 0) is 12.1 Å². The summed E-state index contributed by atoms with van der Waals surface area (Å²) in [5, 5.41) is 5.14. The van der Waals surface area contributed by atoms with Crippen LogP contribution in [0, 0.1) is 0 Å². The van der Waals surface area contributed by atoms with Crippen molar-refractivity contribution in [2.24, 2.45) is 0 Å². The molecule has 3 N–H and O–H groups in total. The normalized spacial score (nSPS) is 10.2. The molecule has 0 radical (unpaired) electrons. The Morgan fingerprint density at radius 2 is 2.27 bits per heavy atom. The lowest BCUT2D eigenvalue weighted by molar-refractivity contribution is 0.242. The molecule has 2 aromatic rings. The lowest BCUT2D eigenvalue weighted by Gasteiger charge is -2.00. The number of hydrogen-bond acceptors (Lipinski definition) is 2. The maximum Gasteiger partial charge on any atom is 0.314 e. The summed E-state index contributed by atoms with van der Waals surface area (Å²) in [6.07, 6.45) is 0. The number of hydrogen-bond donors (Lipinski definition) is 3.